The number of carbonyl (C=O) groups is 1. The van der Waals surface area contributed by atoms with Crippen molar-refractivity contribution < 1.29 is 9.32 Å². The molecule has 2 aromatic rings. The van der Waals surface area contributed by atoms with E-state index in [1.54, 1.807) is 11.8 Å². The minimum Gasteiger partial charge on any atom is -0.339 e. The molecule has 0 fully saturated rings. The van der Waals surface area contributed by atoms with Gasteiger partial charge in [-0.2, -0.15) is 4.98 Å². The largest absolute Gasteiger partial charge is 0.339 e. The molecule has 0 saturated carbocycles. The second-order valence-corrected chi connectivity index (χ2v) is 5.97. The normalized spacial score (nSPS) is 11.0. The van der Waals surface area contributed by atoms with Gasteiger partial charge in [0.1, 0.15) is 5.78 Å². The summed E-state index contributed by atoms with van der Waals surface area (Å²) in [6.45, 7) is 5.81. The van der Waals surface area contributed by atoms with Gasteiger partial charge in [0.05, 0.1) is 12.2 Å². The van der Waals surface area contributed by atoms with Crippen LogP contribution < -0.4 is 0 Å². The average Bonchev–Trinajstić information content (AvgIpc) is 2.85. The molecular weight excluding hydrogens is 272 g/mol. The highest BCUT2D eigenvalue weighted by molar-refractivity contribution is 7.98. The van der Waals surface area contributed by atoms with Gasteiger partial charge in [-0.05, 0) is 18.6 Å². The summed E-state index contributed by atoms with van der Waals surface area (Å²) < 4.78 is 5.11. The van der Waals surface area contributed by atoms with E-state index in [1.807, 2.05) is 26.0 Å². The summed E-state index contributed by atoms with van der Waals surface area (Å²) in [6.07, 6.45) is 0.222. The van der Waals surface area contributed by atoms with Gasteiger partial charge in [-0.3, -0.25) is 4.79 Å². The Morgan fingerprint density at radius 1 is 1.35 bits per heavy atom. The summed E-state index contributed by atoms with van der Waals surface area (Å²) >= 11 is 1.67. The summed E-state index contributed by atoms with van der Waals surface area (Å²) in [5.74, 6) is 1.79. The van der Waals surface area contributed by atoms with Crippen LogP contribution in [0.5, 0.6) is 0 Å². The van der Waals surface area contributed by atoms with Gasteiger partial charge in [0.2, 0.25) is 5.89 Å². The van der Waals surface area contributed by atoms with E-state index >= 15 is 0 Å². The number of thioether (sulfide) groups is 1. The van der Waals surface area contributed by atoms with Crippen LogP contribution in [0.1, 0.15) is 31.1 Å². The molecule has 1 heterocycles. The van der Waals surface area contributed by atoms with Gasteiger partial charge in [0, 0.05) is 10.8 Å². The molecule has 0 atom stereocenters. The van der Waals surface area contributed by atoms with E-state index in [9.17, 15) is 4.79 Å². The number of ketones is 1. The van der Waals surface area contributed by atoms with Crippen molar-refractivity contribution in [3.8, 4) is 0 Å². The zero-order valence-electron chi connectivity index (χ0n) is 11.9. The fraction of sp³-hybridized carbons (Fsp3) is 0.400. The Kier molecular flexibility index (Phi) is 4.95. The Morgan fingerprint density at radius 3 is 2.80 bits per heavy atom. The van der Waals surface area contributed by atoms with Crippen molar-refractivity contribution >= 4 is 17.5 Å². The van der Waals surface area contributed by atoms with Crippen molar-refractivity contribution in [2.75, 3.05) is 0 Å². The Bertz CT molecular complexity index is 593. The van der Waals surface area contributed by atoms with Crippen LogP contribution in [0, 0.1) is 12.8 Å². The Morgan fingerprint density at radius 2 is 2.10 bits per heavy atom. The SMILES string of the molecule is Cc1ccccc1SCc1noc(CC(=O)C(C)C)n1. The number of carbonyl (C=O) groups excluding carboxylic acids is 1. The molecule has 2 rings (SSSR count). The number of aromatic nitrogens is 2. The molecule has 4 nitrogen and oxygen atoms in total. The maximum Gasteiger partial charge on any atom is 0.234 e. The minimum absolute atomic E-state index is 0.00769. The molecule has 0 bridgehead atoms. The number of hydrogen-bond acceptors (Lipinski definition) is 5. The molecule has 0 spiro atoms. The predicted molar refractivity (Wildman–Crippen MR) is 78.6 cm³/mol. The monoisotopic (exact) mass is 290 g/mol. The lowest BCUT2D eigenvalue weighted by atomic mass is 10.1. The van der Waals surface area contributed by atoms with Gasteiger partial charge in [-0.1, -0.05) is 37.2 Å². The second-order valence-electron chi connectivity index (χ2n) is 4.96. The van der Waals surface area contributed by atoms with E-state index in [0.29, 0.717) is 17.5 Å². The predicted octanol–water partition coefficient (Wildman–Crippen LogP) is 3.44. The maximum atomic E-state index is 11.6. The van der Waals surface area contributed by atoms with Crippen LogP contribution in [0.15, 0.2) is 33.7 Å². The van der Waals surface area contributed by atoms with Gasteiger partial charge < -0.3 is 4.52 Å². The van der Waals surface area contributed by atoms with Crippen molar-refractivity contribution in [3.63, 3.8) is 0 Å². The molecule has 0 unspecified atom stereocenters. The summed E-state index contributed by atoms with van der Waals surface area (Å²) in [6, 6.07) is 8.18. The quantitative estimate of drug-likeness (QED) is 0.763. The molecule has 0 saturated heterocycles. The Labute approximate surface area is 123 Å². The van der Waals surface area contributed by atoms with Gasteiger partial charge in [-0.25, -0.2) is 0 Å². The molecule has 0 aliphatic rings. The third kappa shape index (κ3) is 3.93. The lowest BCUT2D eigenvalue weighted by Gasteiger charge is -2.02. The van der Waals surface area contributed by atoms with E-state index in [-0.39, 0.29) is 18.1 Å². The summed E-state index contributed by atoms with van der Waals surface area (Å²) in [7, 11) is 0. The zero-order valence-corrected chi connectivity index (χ0v) is 12.7. The summed E-state index contributed by atoms with van der Waals surface area (Å²) in [4.78, 5) is 17.1. The molecule has 0 N–H and O–H groups in total. The molecule has 0 amide bonds. The standard InChI is InChI=1S/C15H18N2O2S/c1-10(2)12(18)8-15-16-14(17-19-15)9-20-13-7-5-4-6-11(13)3/h4-7,10H,8-9H2,1-3H3. The van der Waals surface area contributed by atoms with E-state index in [0.717, 1.165) is 0 Å². The van der Waals surface area contributed by atoms with Crippen LogP contribution in [0.3, 0.4) is 0 Å². The number of Topliss-reactive ketones (excluding diaryl/α,β-unsaturated/α-hetero) is 1. The van der Waals surface area contributed by atoms with Crippen molar-refractivity contribution in [2.24, 2.45) is 5.92 Å². The first-order chi connectivity index (χ1) is 9.56. The number of benzene rings is 1. The van der Waals surface area contributed by atoms with Crippen LogP contribution in [0.25, 0.3) is 0 Å². The fourth-order valence-corrected chi connectivity index (χ4v) is 2.51. The molecule has 1 aromatic carbocycles. The molecule has 20 heavy (non-hydrogen) atoms. The molecule has 0 aliphatic heterocycles. The van der Waals surface area contributed by atoms with Gasteiger partial charge in [0.15, 0.2) is 5.82 Å². The Balaban J connectivity index is 1.93. The van der Waals surface area contributed by atoms with E-state index in [2.05, 4.69) is 29.2 Å². The van der Waals surface area contributed by atoms with Crippen LogP contribution in [0.4, 0.5) is 0 Å². The lowest BCUT2D eigenvalue weighted by molar-refractivity contribution is -0.121. The first-order valence-electron chi connectivity index (χ1n) is 6.59. The lowest BCUT2D eigenvalue weighted by Crippen LogP contribution is -2.10. The number of aryl methyl sites for hydroxylation is 1. The van der Waals surface area contributed by atoms with E-state index in [4.69, 9.17) is 4.52 Å². The number of nitrogens with zero attached hydrogens (tertiary/aromatic N) is 2. The van der Waals surface area contributed by atoms with E-state index in [1.165, 1.54) is 10.5 Å². The maximum absolute atomic E-state index is 11.6. The molecular formula is C15H18N2O2S. The van der Waals surface area contributed by atoms with Gasteiger partial charge >= 0.3 is 0 Å². The first-order valence-corrected chi connectivity index (χ1v) is 7.57. The van der Waals surface area contributed by atoms with Crippen molar-refractivity contribution in [1.29, 1.82) is 0 Å². The van der Waals surface area contributed by atoms with Crippen LogP contribution >= 0.6 is 11.8 Å². The molecule has 0 aliphatic carbocycles. The topological polar surface area (TPSA) is 56.0 Å². The van der Waals surface area contributed by atoms with Crippen molar-refractivity contribution in [3.05, 3.63) is 41.5 Å². The third-order valence-electron chi connectivity index (χ3n) is 2.93. The molecule has 0 radical (unpaired) electrons. The van der Waals surface area contributed by atoms with Gasteiger partial charge in [-0.15, -0.1) is 11.8 Å². The summed E-state index contributed by atoms with van der Waals surface area (Å²) in [5.41, 5.74) is 1.23. The smallest absolute Gasteiger partial charge is 0.234 e. The first kappa shape index (κ1) is 14.8. The number of rotatable bonds is 6. The molecule has 106 valence electrons. The van der Waals surface area contributed by atoms with Crippen molar-refractivity contribution in [1.82, 2.24) is 10.1 Å². The van der Waals surface area contributed by atoms with Crippen molar-refractivity contribution in [2.45, 2.75) is 37.8 Å². The molecule has 5 heteroatoms. The van der Waals surface area contributed by atoms with Crippen LogP contribution in [0.2, 0.25) is 0 Å². The van der Waals surface area contributed by atoms with E-state index < -0.39 is 0 Å². The highest BCUT2D eigenvalue weighted by atomic mass is 32.2. The Hall–Kier alpha value is -1.62. The third-order valence-corrected chi connectivity index (χ3v) is 4.10. The highest BCUT2D eigenvalue weighted by Crippen LogP contribution is 2.24. The average molecular weight is 290 g/mol. The van der Waals surface area contributed by atoms with Gasteiger partial charge in [0.25, 0.3) is 0 Å². The van der Waals surface area contributed by atoms with Crippen LogP contribution in [-0.4, -0.2) is 15.9 Å². The zero-order chi connectivity index (χ0) is 14.5. The second kappa shape index (κ2) is 6.70. The minimum atomic E-state index is -0.00769. The molecule has 1 aromatic heterocycles. The number of hydrogen-bond donors (Lipinski definition) is 0. The van der Waals surface area contributed by atoms with Crippen LogP contribution in [-0.2, 0) is 17.0 Å². The summed E-state index contributed by atoms with van der Waals surface area (Å²) in [5, 5.41) is 3.91. The highest BCUT2D eigenvalue weighted by Gasteiger charge is 2.14. The fourth-order valence-electron chi connectivity index (χ4n) is 1.63.